The molecule has 92 valence electrons. The summed E-state index contributed by atoms with van der Waals surface area (Å²) in [4.78, 5) is 15.9. The van der Waals surface area contributed by atoms with Gasteiger partial charge in [-0.05, 0) is 13.0 Å². The number of ketones is 1. The summed E-state index contributed by atoms with van der Waals surface area (Å²) in [6, 6.07) is 1.69. The van der Waals surface area contributed by atoms with Crippen molar-refractivity contribution in [3.05, 3.63) is 24.0 Å². The van der Waals surface area contributed by atoms with Gasteiger partial charge in [0.25, 0.3) is 0 Å². The number of hydrogen-bond donors (Lipinski definition) is 0. The quantitative estimate of drug-likeness (QED) is 0.725. The lowest BCUT2D eigenvalue weighted by Crippen LogP contribution is -2.14. The van der Waals surface area contributed by atoms with Gasteiger partial charge in [0.1, 0.15) is 5.75 Å². The summed E-state index contributed by atoms with van der Waals surface area (Å²) < 4.78 is 15.7. The number of nitrogens with zero attached hydrogens (tertiary/aromatic N) is 1. The normalized spacial score (nSPS) is 16.1. The Labute approximate surface area is 99.7 Å². The SMILES string of the molecule is CCOc1cncc(C(=O)CC2OCCO2)c1. The van der Waals surface area contributed by atoms with E-state index in [2.05, 4.69) is 4.98 Å². The highest BCUT2D eigenvalue weighted by Gasteiger charge is 2.20. The maximum Gasteiger partial charge on any atom is 0.169 e. The molecule has 0 amide bonds. The van der Waals surface area contributed by atoms with Crippen molar-refractivity contribution in [2.75, 3.05) is 19.8 Å². The van der Waals surface area contributed by atoms with Gasteiger partial charge in [0, 0.05) is 11.8 Å². The van der Waals surface area contributed by atoms with E-state index in [0.29, 0.717) is 31.1 Å². The summed E-state index contributed by atoms with van der Waals surface area (Å²) in [6.07, 6.45) is 2.91. The predicted octanol–water partition coefficient (Wildman–Crippen LogP) is 1.43. The average Bonchev–Trinajstić information content (AvgIpc) is 2.83. The van der Waals surface area contributed by atoms with Crippen LogP contribution in [0.4, 0.5) is 0 Å². The Bertz CT molecular complexity index is 388. The maximum absolute atomic E-state index is 11.9. The summed E-state index contributed by atoms with van der Waals surface area (Å²) in [6.45, 7) is 3.53. The predicted molar refractivity (Wildman–Crippen MR) is 60.0 cm³/mol. The van der Waals surface area contributed by atoms with E-state index in [1.807, 2.05) is 6.92 Å². The molecule has 0 unspecified atom stereocenters. The van der Waals surface area contributed by atoms with Gasteiger partial charge < -0.3 is 14.2 Å². The summed E-state index contributed by atoms with van der Waals surface area (Å²) >= 11 is 0. The fourth-order valence-electron chi connectivity index (χ4n) is 1.61. The molecule has 1 saturated heterocycles. The van der Waals surface area contributed by atoms with Crippen LogP contribution in [0.5, 0.6) is 5.75 Å². The van der Waals surface area contributed by atoms with Crippen LogP contribution in [0.25, 0.3) is 0 Å². The van der Waals surface area contributed by atoms with E-state index in [1.165, 1.54) is 6.20 Å². The van der Waals surface area contributed by atoms with Crippen molar-refractivity contribution in [2.45, 2.75) is 19.6 Å². The highest BCUT2D eigenvalue weighted by atomic mass is 16.7. The second-order valence-electron chi connectivity index (χ2n) is 3.64. The molecular weight excluding hydrogens is 222 g/mol. The first-order valence-corrected chi connectivity index (χ1v) is 5.64. The Morgan fingerprint density at radius 3 is 2.94 bits per heavy atom. The Morgan fingerprint density at radius 2 is 2.24 bits per heavy atom. The van der Waals surface area contributed by atoms with Crippen LogP contribution in [0.1, 0.15) is 23.7 Å². The first-order chi connectivity index (χ1) is 8.29. The molecule has 1 fully saturated rings. The summed E-state index contributed by atoms with van der Waals surface area (Å²) in [5.41, 5.74) is 0.523. The van der Waals surface area contributed by atoms with E-state index in [9.17, 15) is 4.79 Å². The van der Waals surface area contributed by atoms with Gasteiger partial charge in [0.2, 0.25) is 0 Å². The van der Waals surface area contributed by atoms with Gasteiger partial charge in [-0.2, -0.15) is 0 Å². The molecule has 0 radical (unpaired) electrons. The van der Waals surface area contributed by atoms with Crippen molar-refractivity contribution < 1.29 is 19.0 Å². The lowest BCUT2D eigenvalue weighted by Gasteiger charge is -2.08. The van der Waals surface area contributed by atoms with E-state index >= 15 is 0 Å². The van der Waals surface area contributed by atoms with Gasteiger partial charge in [-0.15, -0.1) is 0 Å². The molecular formula is C12H15NO4. The number of pyridine rings is 1. The topological polar surface area (TPSA) is 57.7 Å². The molecule has 0 atom stereocenters. The molecule has 2 rings (SSSR count). The highest BCUT2D eigenvalue weighted by Crippen LogP contribution is 2.16. The number of aromatic nitrogens is 1. The lowest BCUT2D eigenvalue weighted by molar-refractivity contribution is -0.0407. The van der Waals surface area contributed by atoms with Crippen molar-refractivity contribution in [3.63, 3.8) is 0 Å². The zero-order chi connectivity index (χ0) is 12.1. The molecule has 1 aromatic heterocycles. The number of hydrogen-bond acceptors (Lipinski definition) is 5. The Morgan fingerprint density at radius 1 is 1.47 bits per heavy atom. The van der Waals surface area contributed by atoms with Crippen LogP contribution in [0.15, 0.2) is 18.5 Å². The van der Waals surface area contributed by atoms with Crippen molar-refractivity contribution in [3.8, 4) is 5.75 Å². The van der Waals surface area contributed by atoms with Crippen LogP contribution in [-0.4, -0.2) is 36.9 Å². The van der Waals surface area contributed by atoms with Gasteiger partial charge in [0.05, 0.1) is 32.4 Å². The number of rotatable bonds is 5. The first-order valence-electron chi connectivity index (χ1n) is 5.64. The van der Waals surface area contributed by atoms with E-state index in [0.717, 1.165) is 0 Å². The van der Waals surface area contributed by atoms with Gasteiger partial charge >= 0.3 is 0 Å². The molecule has 0 aliphatic carbocycles. The van der Waals surface area contributed by atoms with Crippen LogP contribution in [0, 0.1) is 0 Å². The molecule has 1 aliphatic heterocycles. The standard InChI is InChI=1S/C12H15NO4/c1-2-15-10-5-9(7-13-8-10)11(14)6-12-16-3-4-17-12/h5,7-8,12H,2-4,6H2,1H3. The fourth-order valence-corrected chi connectivity index (χ4v) is 1.61. The Hall–Kier alpha value is -1.46. The van der Waals surface area contributed by atoms with Crippen molar-refractivity contribution in [1.82, 2.24) is 4.98 Å². The molecule has 1 aromatic rings. The summed E-state index contributed by atoms with van der Waals surface area (Å²) in [5.74, 6) is 0.553. The first kappa shape index (κ1) is 12.0. The summed E-state index contributed by atoms with van der Waals surface area (Å²) in [5, 5.41) is 0. The van der Waals surface area contributed by atoms with Crippen LogP contribution in [0.2, 0.25) is 0 Å². The van der Waals surface area contributed by atoms with E-state index in [4.69, 9.17) is 14.2 Å². The molecule has 0 spiro atoms. The molecule has 0 bridgehead atoms. The minimum absolute atomic E-state index is 0.0500. The summed E-state index contributed by atoms with van der Waals surface area (Å²) in [7, 11) is 0. The Kier molecular flexibility index (Phi) is 4.06. The van der Waals surface area contributed by atoms with Gasteiger partial charge in [-0.3, -0.25) is 9.78 Å². The molecule has 0 aromatic carbocycles. The Balaban J connectivity index is 1.99. The number of ether oxygens (including phenoxy) is 3. The third-order valence-corrected chi connectivity index (χ3v) is 2.39. The molecule has 17 heavy (non-hydrogen) atoms. The molecule has 5 heteroatoms. The minimum atomic E-state index is -0.418. The second kappa shape index (κ2) is 5.75. The van der Waals surface area contributed by atoms with Crippen molar-refractivity contribution in [2.24, 2.45) is 0 Å². The maximum atomic E-state index is 11.9. The van der Waals surface area contributed by atoms with Crippen molar-refractivity contribution in [1.29, 1.82) is 0 Å². The lowest BCUT2D eigenvalue weighted by atomic mass is 10.1. The van der Waals surface area contributed by atoms with Gasteiger partial charge in [-0.1, -0.05) is 0 Å². The monoisotopic (exact) mass is 237 g/mol. The largest absolute Gasteiger partial charge is 0.492 e. The van der Waals surface area contributed by atoms with Crippen molar-refractivity contribution >= 4 is 5.78 Å². The molecule has 2 heterocycles. The van der Waals surface area contributed by atoms with E-state index in [-0.39, 0.29) is 12.2 Å². The average molecular weight is 237 g/mol. The third kappa shape index (κ3) is 3.25. The van der Waals surface area contributed by atoms with Gasteiger partial charge in [0.15, 0.2) is 12.1 Å². The van der Waals surface area contributed by atoms with Crippen LogP contribution in [-0.2, 0) is 9.47 Å². The van der Waals surface area contributed by atoms with E-state index in [1.54, 1.807) is 12.3 Å². The molecule has 0 N–H and O–H groups in total. The highest BCUT2D eigenvalue weighted by molar-refractivity contribution is 5.96. The molecule has 1 aliphatic rings. The molecule has 0 saturated carbocycles. The molecule has 5 nitrogen and oxygen atoms in total. The second-order valence-corrected chi connectivity index (χ2v) is 3.64. The van der Waals surface area contributed by atoms with Crippen LogP contribution >= 0.6 is 0 Å². The van der Waals surface area contributed by atoms with Gasteiger partial charge in [-0.25, -0.2) is 0 Å². The number of carbonyl (C=O) groups excluding carboxylic acids is 1. The smallest absolute Gasteiger partial charge is 0.169 e. The van der Waals surface area contributed by atoms with Crippen LogP contribution in [0.3, 0.4) is 0 Å². The zero-order valence-corrected chi connectivity index (χ0v) is 9.72. The fraction of sp³-hybridized carbons (Fsp3) is 0.500. The van der Waals surface area contributed by atoms with E-state index < -0.39 is 6.29 Å². The number of Topliss-reactive ketones (excluding diaryl/α,β-unsaturated/α-hetero) is 1. The van der Waals surface area contributed by atoms with Crippen LogP contribution < -0.4 is 4.74 Å². The number of carbonyl (C=O) groups is 1. The third-order valence-electron chi connectivity index (χ3n) is 2.39. The zero-order valence-electron chi connectivity index (χ0n) is 9.72. The minimum Gasteiger partial charge on any atom is -0.492 e.